The molecule has 5 heteroatoms. The van der Waals surface area contributed by atoms with E-state index in [0.717, 1.165) is 31.6 Å². The largest absolute Gasteiger partial charge is 0.480 e. The van der Waals surface area contributed by atoms with Gasteiger partial charge in [-0.05, 0) is 49.5 Å². The molecule has 1 amide bonds. The lowest BCUT2D eigenvalue weighted by Gasteiger charge is -2.20. The van der Waals surface area contributed by atoms with Gasteiger partial charge in [0.25, 0.3) is 5.91 Å². The molecule has 0 heterocycles. The van der Waals surface area contributed by atoms with E-state index in [1.165, 1.54) is 0 Å². The minimum absolute atomic E-state index is 0.201. The van der Waals surface area contributed by atoms with Crippen molar-refractivity contribution in [3.63, 3.8) is 0 Å². The van der Waals surface area contributed by atoms with Crippen molar-refractivity contribution in [3.05, 3.63) is 35.4 Å². The van der Waals surface area contributed by atoms with Crippen LogP contribution in [0.3, 0.4) is 0 Å². The van der Waals surface area contributed by atoms with Crippen molar-refractivity contribution in [1.82, 2.24) is 10.2 Å². The maximum absolute atomic E-state index is 12.2. The van der Waals surface area contributed by atoms with Gasteiger partial charge in [0.05, 0.1) is 0 Å². The van der Waals surface area contributed by atoms with Gasteiger partial charge in [0.15, 0.2) is 0 Å². The fraction of sp³-hybridized carbons (Fsp3) is 0.579. The van der Waals surface area contributed by atoms with Crippen molar-refractivity contribution in [1.29, 1.82) is 0 Å². The van der Waals surface area contributed by atoms with E-state index >= 15 is 0 Å². The molecule has 1 atom stereocenters. The summed E-state index contributed by atoms with van der Waals surface area (Å²) in [5, 5.41) is 11.8. The zero-order chi connectivity index (χ0) is 18.1. The Labute approximate surface area is 145 Å². The molecular weight excluding hydrogens is 304 g/mol. The van der Waals surface area contributed by atoms with Gasteiger partial charge in [-0.25, -0.2) is 4.79 Å². The summed E-state index contributed by atoms with van der Waals surface area (Å²) in [7, 11) is 0. The van der Waals surface area contributed by atoms with Gasteiger partial charge >= 0.3 is 5.97 Å². The number of nitrogens with one attached hydrogen (secondary N) is 1. The van der Waals surface area contributed by atoms with E-state index < -0.39 is 12.0 Å². The van der Waals surface area contributed by atoms with Crippen molar-refractivity contribution in [3.8, 4) is 0 Å². The van der Waals surface area contributed by atoms with Crippen LogP contribution in [0.2, 0.25) is 0 Å². The number of carbonyl (C=O) groups excluding carboxylic acids is 1. The van der Waals surface area contributed by atoms with E-state index in [-0.39, 0.29) is 11.8 Å². The topological polar surface area (TPSA) is 69.6 Å². The number of aliphatic carboxylic acids is 1. The Balaban J connectivity index is 2.70. The third-order valence-electron chi connectivity index (χ3n) is 3.92. The number of nitrogens with zero attached hydrogens (tertiary/aromatic N) is 1. The molecule has 0 spiro atoms. The van der Waals surface area contributed by atoms with Gasteiger partial charge in [-0.15, -0.1) is 0 Å². The highest BCUT2D eigenvalue weighted by Crippen LogP contribution is 2.10. The summed E-state index contributed by atoms with van der Waals surface area (Å²) in [6.45, 7) is 11.1. The Morgan fingerprint density at radius 2 is 1.79 bits per heavy atom. The lowest BCUT2D eigenvalue weighted by molar-refractivity contribution is -0.139. The van der Waals surface area contributed by atoms with Crippen LogP contribution in [0.15, 0.2) is 24.3 Å². The summed E-state index contributed by atoms with van der Waals surface area (Å²) >= 11 is 0. The van der Waals surface area contributed by atoms with Crippen LogP contribution < -0.4 is 5.32 Å². The maximum Gasteiger partial charge on any atom is 0.326 e. The molecule has 1 rings (SSSR count). The monoisotopic (exact) mass is 334 g/mol. The first-order valence-electron chi connectivity index (χ1n) is 8.72. The van der Waals surface area contributed by atoms with Crippen LogP contribution in [0, 0.1) is 5.92 Å². The smallest absolute Gasteiger partial charge is 0.326 e. The number of rotatable bonds is 10. The van der Waals surface area contributed by atoms with Crippen LogP contribution in [-0.2, 0) is 11.3 Å². The first-order valence-corrected chi connectivity index (χ1v) is 8.72. The summed E-state index contributed by atoms with van der Waals surface area (Å²) in [5.74, 6) is -1.13. The Morgan fingerprint density at radius 1 is 1.17 bits per heavy atom. The summed E-state index contributed by atoms with van der Waals surface area (Å²) in [5.41, 5.74) is 1.64. The lowest BCUT2D eigenvalue weighted by atomic mass is 10.0. The number of amides is 1. The van der Waals surface area contributed by atoms with Crippen LogP contribution >= 0.6 is 0 Å². The van der Waals surface area contributed by atoms with E-state index in [4.69, 9.17) is 0 Å². The highest BCUT2D eigenvalue weighted by Gasteiger charge is 2.21. The molecule has 134 valence electrons. The first-order chi connectivity index (χ1) is 11.4. The normalized spacial score (nSPS) is 12.4. The molecule has 0 aliphatic rings. The minimum Gasteiger partial charge on any atom is -0.480 e. The molecule has 0 aromatic heterocycles. The van der Waals surface area contributed by atoms with Crippen molar-refractivity contribution < 1.29 is 14.7 Å². The quantitative estimate of drug-likeness (QED) is 0.689. The average molecular weight is 334 g/mol. The van der Waals surface area contributed by atoms with E-state index in [1.807, 2.05) is 26.0 Å². The Morgan fingerprint density at radius 3 is 2.25 bits per heavy atom. The molecule has 0 bridgehead atoms. The van der Waals surface area contributed by atoms with E-state index in [2.05, 4.69) is 24.1 Å². The molecule has 1 aromatic rings. The first kappa shape index (κ1) is 20.2. The molecule has 0 unspecified atom stereocenters. The predicted molar refractivity (Wildman–Crippen MR) is 96.0 cm³/mol. The fourth-order valence-corrected chi connectivity index (χ4v) is 2.62. The van der Waals surface area contributed by atoms with Crippen LogP contribution in [0.5, 0.6) is 0 Å². The molecule has 1 aromatic carbocycles. The van der Waals surface area contributed by atoms with Crippen LogP contribution in [0.25, 0.3) is 0 Å². The zero-order valence-electron chi connectivity index (χ0n) is 15.2. The number of hydrogen-bond acceptors (Lipinski definition) is 3. The predicted octanol–water partition coefficient (Wildman–Crippen LogP) is 3.15. The van der Waals surface area contributed by atoms with Crippen LogP contribution in [-0.4, -0.2) is 41.0 Å². The number of carbonyl (C=O) groups is 2. The summed E-state index contributed by atoms with van der Waals surface area (Å²) in [6, 6.07) is 6.55. The maximum atomic E-state index is 12.2. The summed E-state index contributed by atoms with van der Waals surface area (Å²) in [4.78, 5) is 25.8. The Hall–Kier alpha value is -1.88. The van der Waals surface area contributed by atoms with Gasteiger partial charge in [-0.2, -0.15) is 0 Å². The molecule has 0 fully saturated rings. The van der Waals surface area contributed by atoms with Gasteiger partial charge in [0.2, 0.25) is 0 Å². The second-order valence-electron chi connectivity index (χ2n) is 6.56. The second kappa shape index (κ2) is 10.1. The summed E-state index contributed by atoms with van der Waals surface area (Å²) in [6.07, 6.45) is 1.53. The standard InChI is InChI=1S/C19H30N2O3/c1-5-11-21(6-2)13-15-7-9-16(10-8-15)18(22)20-17(19(23)24)12-14(3)4/h7-10,14,17H,5-6,11-13H2,1-4H3,(H,20,22)(H,23,24)/t17-/m1/s1. The van der Waals surface area contributed by atoms with Gasteiger partial charge < -0.3 is 10.4 Å². The third kappa shape index (κ3) is 6.71. The lowest BCUT2D eigenvalue weighted by Crippen LogP contribution is -2.41. The molecule has 5 nitrogen and oxygen atoms in total. The molecule has 0 saturated carbocycles. The zero-order valence-corrected chi connectivity index (χ0v) is 15.2. The minimum atomic E-state index is -0.994. The van der Waals surface area contributed by atoms with Crippen molar-refractivity contribution in [2.75, 3.05) is 13.1 Å². The Kier molecular flexibility index (Phi) is 8.47. The number of carboxylic acids is 1. The van der Waals surface area contributed by atoms with Gasteiger partial charge in [0, 0.05) is 12.1 Å². The van der Waals surface area contributed by atoms with Gasteiger partial charge in [-0.1, -0.05) is 39.8 Å². The fourth-order valence-electron chi connectivity index (χ4n) is 2.62. The molecule has 0 aliphatic heterocycles. The Bertz CT molecular complexity index is 526. The third-order valence-corrected chi connectivity index (χ3v) is 3.92. The molecule has 0 aliphatic carbocycles. The van der Waals surface area contributed by atoms with Gasteiger partial charge in [0.1, 0.15) is 6.04 Å². The van der Waals surface area contributed by atoms with Crippen LogP contribution in [0.4, 0.5) is 0 Å². The van der Waals surface area contributed by atoms with Crippen molar-refractivity contribution in [2.24, 2.45) is 5.92 Å². The van der Waals surface area contributed by atoms with E-state index in [1.54, 1.807) is 12.1 Å². The SMILES string of the molecule is CCCN(CC)Cc1ccc(C(=O)N[C@H](CC(C)C)C(=O)O)cc1. The molecule has 0 saturated heterocycles. The second-order valence-corrected chi connectivity index (χ2v) is 6.56. The highest BCUT2D eigenvalue weighted by molar-refractivity contribution is 5.96. The van der Waals surface area contributed by atoms with Crippen molar-refractivity contribution in [2.45, 2.75) is 53.1 Å². The average Bonchev–Trinajstić information content (AvgIpc) is 2.53. The molecular formula is C19H30N2O3. The number of carboxylic acid groups (broad SMARTS) is 1. The molecule has 2 N–H and O–H groups in total. The van der Waals surface area contributed by atoms with E-state index in [9.17, 15) is 14.7 Å². The van der Waals surface area contributed by atoms with Crippen molar-refractivity contribution >= 4 is 11.9 Å². The number of benzene rings is 1. The van der Waals surface area contributed by atoms with E-state index in [0.29, 0.717) is 12.0 Å². The summed E-state index contributed by atoms with van der Waals surface area (Å²) < 4.78 is 0. The van der Waals surface area contributed by atoms with Gasteiger partial charge in [-0.3, -0.25) is 9.69 Å². The molecule has 24 heavy (non-hydrogen) atoms. The molecule has 0 radical (unpaired) electrons. The van der Waals surface area contributed by atoms with Crippen LogP contribution in [0.1, 0.15) is 56.5 Å². The number of hydrogen-bond donors (Lipinski definition) is 2. The highest BCUT2D eigenvalue weighted by atomic mass is 16.4.